The summed E-state index contributed by atoms with van der Waals surface area (Å²) in [7, 11) is 0. The molecule has 34 heavy (non-hydrogen) atoms. The maximum Gasteiger partial charge on any atom is 0.0342 e. The third-order valence-corrected chi connectivity index (χ3v) is 7.43. The van der Waals surface area contributed by atoms with Gasteiger partial charge < -0.3 is 0 Å². The summed E-state index contributed by atoms with van der Waals surface area (Å²) in [5.41, 5.74) is 7.66. The highest BCUT2D eigenvalue weighted by Gasteiger charge is 2.01. The minimum absolute atomic E-state index is 1.27. The van der Waals surface area contributed by atoms with Crippen LogP contribution in [0.2, 0.25) is 0 Å². The van der Waals surface area contributed by atoms with Crippen LogP contribution in [-0.4, -0.2) is 0 Å². The van der Waals surface area contributed by atoms with Crippen molar-refractivity contribution in [2.24, 2.45) is 0 Å². The predicted molar refractivity (Wildman–Crippen MR) is 150 cm³/mol. The van der Waals surface area contributed by atoms with E-state index in [0.717, 1.165) is 0 Å². The predicted octanol–water partition coefficient (Wildman–Crippen LogP) is 10.2. The zero-order valence-electron chi connectivity index (χ0n) is 18.7. The molecule has 0 atom stereocenters. The van der Waals surface area contributed by atoms with Crippen LogP contribution in [0, 0.1) is 0 Å². The minimum Gasteiger partial charge on any atom is -0.144 e. The SMILES string of the molecule is c1ccc(-c2ccc(-c3cccs3)cc2)cc1.c1ccc(-c2ccc(-c3cccs3)cc2)cc1. The molecule has 6 rings (SSSR count). The highest BCUT2D eigenvalue weighted by Crippen LogP contribution is 2.28. The lowest BCUT2D eigenvalue weighted by Crippen LogP contribution is -1.77. The topological polar surface area (TPSA) is 0 Å². The summed E-state index contributed by atoms with van der Waals surface area (Å²) in [6.07, 6.45) is 0. The molecule has 0 nitrogen and oxygen atoms in total. The number of hydrogen-bond acceptors (Lipinski definition) is 2. The molecule has 6 aromatic rings. The van der Waals surface area contributed by atoms with Crippen molar-refractivity contribution in [3.8, 4) is 43.1 Å². The lowest BCUT2D eigenvalue weighted by molar-refractivity contribution is 1.62. The van der Waals surface area contributed by atoms with Gasteiger partial charge in [-0.15, -0.1) is 22.7 Å². The van der Waals surface area contributed by atoms with Crippen molar-refractivity contribution in [2.45, 2.75) is 0 Å². The molecular formula is C32H24S2. The lowest BCUT2D eigenvalue weighted by Gasteiger charge is -2.02. The number of thiophene rings is 2. The third kappa shape index (κ3) is 5.43. The van der Waals surface area contributed by atoms with Crippen LogP contribution >= 0.6 is 22.7 Å². The molecule has 0 aliphatic heterocycles. The van der Waals surface area contributed by atoms with Crippen LogP contribution < -0.4 is 0 Å². The summed E-state index contributed by atoms with van der Waals surface area (Å²) in [4.78, 5) is 2.65. The minimum atomic E-state index is 1.27. The molecule has 164 valence electrons. The summed E-state index contributed by atoms with van der Waals surface area (Å²) in [6.45, 7) is 0. The van der Waals surface area contributed by atoms with E-state index in [1.54, 1.807) is 22.7 Å². The van der Waals surface area contributed by atoms with E-state index >= 15 is 0 Å². The van der Waals surface area contributed by atoms with E-state index in [0.29, 0.717) is 0 Å². The first-order chi connectivity index (χ1) is 16.9. The van der Waals surface area contributed by atoms with E-state index in [4.69, 9.17) is 0 Å². The van der Waals surface area contributed by atoms with Crippen molar-refractivity contribution in [1.82, 2.24) is 0 Å². The maximum atomic E-state index is 2.19. The highest BCUT2D eigenvalue weighted by atomic mass is 32.1. The van der Waals surface area contributed by atoms with E-state index in [2.05, 4.69) is 132 Å². The van der Waals surface area contributed by atoms with Crippen LogP contribution in [-0.2, 0) is 0 Å². The lowest BCUT2D eigenvalue weighted by atomic mass is 10.0. The molecule has 0 N–H and O–H groups in total. The van der Waals surface area contributed by atoms with Crippen molar-refractivity contribution in [1.29, 1.82) is 0 Å². The monoisotopic (exact) mass is 472 g/mol. The molecule has 0 bridgehead atoms. The molecule has 4 aromatic carbocycles. The molecule has 0 spiro atoms. The fraction of sp³-hybridized carbons (Fsp3) is 0. The van der Waals surface area contributed by atoms with Crippen molar-refractivity contribution in [2.75, 3.05) is 0 Å². The Morgan fingerprint density at radius 1 is 0.265 bits per heavy atom. The first kappa shape index (κ1) is 22.1. The van der Waals surface area contributed by atoms with Crippen molar-refractivity contribution >= 4 is 22.7 Å². The largest absolute Gasteiger partial charge is 0.144 e. The van der Waals surface area contributed by atoms with Gasteiger partial charge in [0.2, 0.25) is 0 Å². The summed E-state index contributed by atoms with van der Waals surface area (Å²) in [5.74, 6) is 0. The highest BCUT2D eigenvalue weighted by molar-refractivity contribution is 7.13. The van der Waals surface area contributed by atoms with E-state index in [9.17, 15) is 0 Å². The Morgan fingerprint density at radius 3 is 0.912 bits per heavy atom. The van der Waals surface area contributed by atoms with E-state index in [1.807, 2.05) is 12.1 Å². The zero-order valence-corrected chi connectivity index (χ0v) is 20.3. The fourth-order valence-electron chi connectivity index (χ4n) is 3.80. The molecular weight excluding hydrogens is 448 g/mol. The third-order valence-electron chi connectivity index (χ3n) is 5.60. The van der Waals surface area contributed by atoms with Gasteiger partial charge in [0, 0.05) is 9.75 Å². The fourth-order valence-corrected chi connectivity index (χ4v) is 5.27. The second kappa shape index (κ2) is 10.9. The molecule has 0 saturated heterocycles. The van der Waals surface area contributed by atoms with Gasteiger partial charge in [0.15, 0.2) is 0 Å². The average molecular weight is 473 g/mol. The summed E-state index contributed by atoms with van der Waals surface area (Å²) in [6, 6.07) is 46.9. The molecule has 2 aromatic heterocycles. The zero-order chi connectivity index (χ0) is 23.0. The van der Waals surface area contributed by atoms with Gasteiger partial charge in [-0.25, -0.2) is 0 Å². The number of rotatable bonds is 4. The van der Waals surface area contributed by atoms with Crippen LogP contribution in [0.1, 0.15) is 0 Å². The van der Waals surface area contributed by atoms with Gasteiger partial charge in [0.05, 0.1) is 0 Å². The van der Waals surface area contributed by atoms with Gasteiger partial charge in [-0.1, -0.05) is 121 Å². The molecule has 0 aliphatic rings. The van der Waals surface area contributed by atoms with Gasteiger partial charge in [0.25, 0.3) is 0 Å². The van der Waals surface area contributed by atoms with E-state index in [-0.39, 0.29) is 0 Å². The van der Waals surface area contributed by atoms with Crippen LogP contribution in [0.5, 0.6) is 0 Å². The van der Waals surface area contributed by atoms with E-state index in [1.165, 1.54) is 43.1 Å². The first-order valence-electron chi connectivity index (χ1n) is 11.3. The standard InChI is InChI=1S/2C16H12S/c2*1-2-5-13(6-3-1)14-8-10-15(11-9-14)16-7-4-12-17-16/h2*1-12H. The molecule has 0 saturated carbocycles. The molecule has 2 heteroatoms. The van der Waals surface area contributed by atoms with Gasteiger partial charge in [-0.2, -0.15) is 0 Å². The van der Waals surface area contributed by atoms with E-state index < -0.39 is 0 Å². The normalized spacial score (nSPS) is 10.4. The Kier molecular flexibility index (Phi) is 7.10. The van der Waals surface area contributed by atoms with Gasteiger partial charge in [-0.05, 0) is 56.3 Å². The Hall–Kier alpha value is -3.72. The van der Waals surface area contributed by atoms with Gasteiger partial charge >= 0.3 is 0 Å². The Labute approximate surface area is 209 Å². The molecule has 0 unspecified atom stereocenters. The number of benzene rings is 4. The van der Waals surface area contributed by atoms with Crippen LogP contribution in [0.15, 0.2) is 144 Å². The first-order valence-corrected chi connectivity index (χ1v) is 13.0. The van der Waals surface area contributed by atoms with Crippen LogP contribution in [0.25, 0.3) is 43.1 Å². The molecule has 0 amide bonds. The molecule has 2 heterocycles. The molecule has 0 fully saturated rings. The van der Waals surface area contributed by atoms with Crippen LogP contribution in [0.3, 0.4) is 0 Å². The van der Waals surface area contributed by atoms with Gasteiger partial charge in [-0.3, -0.25) is 0 Å². The second-order valence-electron chi connectivity index (χ2n) is 7.84. The van der Waals surface area contributed by atoms with Crippen molar-refractivity contribution in [3.05, 3.63) is 144 Å². The summed E-state index contributed by atoms with van der Waals surface area (Å²) in [5, 5.41) is 4.22. The van der Waals surface area contributed by atoms with Crippen molar-refractivity contribution in [3.63, 3.8) is 0 Å². The summed E-state index contributed by atoms with van der Waals surface area (Å²) < 4.78 is 0. The molecule has 0 aliphatic carbocycles. The second-order valence-corrected chi connectivity index (χ2v) is 9.74. The Balaban J connectivity index is 0.000000142. The molecule has 0 radical (unpaired) electrons. The number of hydrogen-bond donors (Lipinski definition) is 0. The quantitative estimate of drug-likeness (QED) is 0.239. The average Bonchev–Trinajstić information content (AvgIpc) is 3.66. The van der Waals surface area contributed by atoms with Crippen LogP contribution in [0.4, 0.5) is 0 Å². The smallest absolute Gasteiger partial charge is 0.0342 e. The maximum absolute atomic E-state index is 2.19. The Morgan fingerprint density at radius 2 is 0.588 bits per heavy atom. The van der Waals surface area contributed by atoms with Gasteiger partial charge in [0.1, 0.15) is 0 Å². The summed E-state index contributed by atoms with van der Waals surface area (Å²) >= 11 is 3.56. The van der Waals surface area contributed by atoms with Crippen molar-refractivity contribution < 1.29 is 0 Å². The Bertz CT molecular complexity index is 1270.